The van der Waals surface area contributed by atoms with Crippen LogP contribution in [0.4, 0.5) is 0 Å². The number of phenolic OH excluding ortho intramolecular Hbond substituents is 1. The van der Waals surface area contributed by atoms with Gasteiger partial charge in [0.15, 0.2) is 0 Å². The van der Waals surface area contributed by atoms with Crippen molar-refractivity contribution in [1.29, 1.82) is 0 Å². The Hall–Kier alpha value is -5.90. The predicted octanol–water partition coefficient (Wildman–Crippen LogP) is 0.155. The summed E-state index contributed by atoms with van der Waals surface area (Å²) in [5, 5.41) is 66.8. The molecular formula is C50H79N7O14. The van der Waals surface area contributed by atoms with E-state index >= 15 is 0 Å². The fraction of sp³-hybridized carbons (Fsp3) is 0.640. The number of nitrogens with one attached hydrogen (secondary N) is 6. The number of amides is 7. The van der Waals surface area contributed by atoms with Gasteiger partial charge in [-0.1, -0.05) is 98.1 Å². The molecule has 0 bridgehead atoms. The monoisotopic (exact) mass is 1000 g/mol. The number of aliphatic hydroxyl groups is 4. The Morgan fingerprint density at radius 3 is 1.87 bits per heavy atom. The summed E-state index contributed by atoms with van der Waals surface area (Å²) in [6.07, 6.45) is 6.61. The van der Waals surface area contributed by atoms with Gasteiger partial charge in [-0.05, 0) is 48.3 Å². The number of aliphatic hydroxyl groups excluding tert-OH is 4. The topological polar surface area (TPSA) is 322 Å². The Morgan fingerprint density at radius 1 is 0.775 bits per heavy atom. The maximum absolute atomic E-state index is 13.8. The summed E-state index contributed by atoms with van der Waals surface area (Å²) in [7, 11) is 1.41. The van der Waals surface area contributed by atoms with Crippen molar-refractivity contribution >= 4 is 47.3 Å². The van der Waals surface area contributed by atoms with Crippen LogP contribution in [0.15, 0.2) is 48.6 Å². The lowest BCUT2D eigenvalue weighted by molar-refractivity contribution is -0.156. The average molecular weight is 1000 g/mol. The minimum absolute atomic E-state index is 0.00127. The normalized spacial score (nSPS) is 19.4. The van der Waals surface area contributed by atoms with Crippen LogP contribution in [-0.2, 0) is 49.5 Å². The van der Waals surface area contributed by atoms with Crippen LogP contribution >= 0.6 is 0 Å². The van der Waals surface area contributed by atoms with Gasteiger partial charge < -0.3 is 67.1 Å². The zero-order valence-electron chi connectivity index (χ0n) is 42.4. The Labute approximate surface area is 417 Å². The molecule has 11 N–H and O–H groups in total. The fourth-order valence-corrected chi connectivity index (χ4v) is 7.47. The maximum atomic E-state index is 13.8. The highest BCUT2D eigenvalue weighted by molar-refractivity contribution is 5.95. The molecule has 0 saturated heterocycles. The van der Waals surface area contributed by atoms with Crippen molar-refractivity contribution in [2.45, 2.75) is 161 Å². The van der Waals surface area contributed by atoms with Crippen molar-refractivity contribution < 1.29 is 68.6 Å². The minimum Gasteiger partial charge on any atom is -0.508 e. The van der Waals surface area contributed by atoms with Crippen LogP contribution in [0.5, 0.6) is 5.75 Å². The minimum atomic E-state index is -1.70. The molecule has 0 aliphatic carbocycles. The zero-order chi connectivity index (χ0) is 53.4. The van der Waals surface area contributed by atoms with Crippen LogP contribution in [0.25, 0.3) is 0 Å². The molecule has 1 aromatic carbocycles. The third-order valence-electron chi connectivity index (χ3n) is 11.9. The lowest BCUT2D eigenvalue weighted by Gasteiger charge is -2.32. The number of likely N-dealkylation sites (N-methyl/N-ethyl adjacent to an activating group) is 1. The van der Waals surface area contributed by atoms with Gasteiger partial charge in [-0.15, -0.1) is 0 Å². The third-order valence-corrected chi connectivity index (χ3v) is 11.9. The highest BCUT2D eigenvalue weighted by atomic mass is 16.5. The van der Waals surface area contributed by atoms with Crippen LogP contribution in [0.3, 0.4) is 0 Å². The molecule has 21 heteroatoms. The van der Waals surface area contributed by atoms with E-state index in [0.717, 1.165) is 38.2 Å². The van der Waals surface area contributed by atoms with Crippen molar-refractivity contribution in [2.24, 2.45) is 17.8 Å². The van der Waals surface area contributed by atoms with Crippen molar-refractivity contribution in [3.05, 3.63) is 54.1 Å². The largest absolute Gasteiger partial charge is 0.508 e. The number of carbonyl (C=O) groups is 8. The van der Waals surface area contributed by atoms with E-state index in [2.05, 4.69) is 38.8 Å². The Kier molecular flexibility index (Phi) is 27.1. The van der Waals surface area contributed by atoms with E-state index in [4.69, 9.17) is 4.74 Å². The second-order valence-electron chi connectivity index (χ2n) is 19.0. The molecule has 0 spiro atoms. The highest BCUT2D eigenvalue weighted by Crippen LogP contribution is 2.18. The molecule has 9 atom stereocenters. The van der Waals surface area contributed by atoms with Gasteiger partial charge in [0, 0.05) is 26.0 Å². The van der Waals surface area contributed by atoms with Crippen LogP contribution < -0.4 is 31.9 Å². The van der Waals surface area contributed by atoms with Gasteiger partial charge in [-0.3, -0.25) is 33.6 Å². The Bertz CT molecular complexity index is 1960. The molecule has 0 radical (unpaired) electrons. The molecule has 1 aliphatic heterocycles. The first-order valence-corrected chi connectivity index (χ1v) is 24.4. The molecule has 2 rings (SSSR count). The second kappa shape index (κ2) is 31.4. The SMILES string of the molecule is CCCCCCC=CCC(=O)NC(CO)C(O)CC(=O)NC(C(=O)NC(CO)C(O)CC(=O)NC(C(=O)NC1C=CC(=O)NC(C(C)C)C(=O)N(C)C(Cc2ccc(O)cc2)C(=O)OC1)C(C)C)C(C)C. The Morgan fingerprint density at radius 2 is 1.34 bits per heavy atom. The first kappa shape index (κ1) is 61.2. The molecule has 0 fully saturated rings. The van der Waals surface area contributed by atoms with E-state index in [1.54, 1.807) is 59.8 Å². The number of benzene rings is 1. The van der Waals surface area contributed by atoms with Crippen molar-refractivity contribution in [1.82, 2.24) is 36.8 Å². The summed E-state index contributed by atoms with van der Waals surface area (Å²) in [4.78, 5) is 108. The van der Waals surface area contributed by atoms with E-state index in [1.165, 1.54) is 30.2 Å². The number of hydrogen-bond donors (Lipinski definition) is 11. The molecule has 7 amide bonds. The highest BCUT2D eigenvalue weighted by Gasteiger charge is 2.37. The fourth-order valence-electron chi connectivity index (χ4n) is 7.47. The molecule has 0 aromatic heterocycles. The van der Waals surface area contributed by atoms with Crippen LogP contribution in [0.2, 0.25) is 0 Å². The predicted molar refractivity (Wildman–Crippen MR) is 263 cm³/mol. The molecule has 1 heterocycles. The lowest BCUT2D eigenvalue weighted by atomic mass is 9.99. The van der Waals surface area contributed by atoms with E-state index in [9.17, 15) is 63.9 Å². The number of esters is 1. The van der Waals surface area contributed by atoms with Gasteiger partial charge in [-0.2, -0.15) is 0 Å². The quantitative estimate of drug-likeness (QED) is 0.0318. The number of unbranched alkanes of at least 4 members (excludes halogenated alkanes) is 4. The van der Waals surface area contributed by atoms with Gasteiger partial charge in [0.2, 0.25) is 41.4 Å². The zero-order valence-corrected chi connectivity index (χ0v) is 42.4. The Balaban J connectivity index is 2.11. The molecule has 1 aliphatic rings. The van der Waals surface area contributed by atoms with Crippen molar-refractivity contribution in [2.75, 3.05) is 26.9 Å². The van der Waals surface area contributed by atoms with E-state index in [1.807, 2.05) is 6.08 Å². The smallest absolute Gasteiger partial charge is 0.329 e. The third kappa shape index (κ3) is 21.6. The molecule has 9 unspecified atom stereocenters. The van der Waals surface area contributed by atoms with Crippen LogP contribution in [-0.4, -0.2) is 159 Å². The standard InChI is InChI=1S/C50H79N7O14/c1-9-10-11-12-13-14-15-16-40(63)52-35(26-58)38(61)24-42(65)56-45(30(4)5)48(68)53-36(27-59)39(62)25-43(66)55-44(29(2)3)47(67)51-33-19-22-41(64)54-46(31(6)7)49(69)57(8)37(50(70)71-28-33)23-32-17-20-34(60)21-18-32/h14-15,17-22,29-31,33,35-39,44-46,58-62H,9-13,16,23-28H2,1-8H3,(H,51,67)(H,52,63)(H,53,68)(H,54,64)(H,55,66)(H,56,65). The van der Waals surface area contributed by atoms with Gasteiger partial charge in [0.05, 0.1) is 56.4 Å². The molecule has 21 nitrogen and oxygen atoms in total. The molecule has 71 heavy (non-hydrogen) atoms. The molecule has 0 saturated carbocycles. The number of allylic oxidation sites excluding steroid dienone is 1. The number of hydrogen-bond acceptors (Lipinski definition) is 14. The number of nitrogens with zero attached hydrogens (tertiary/aromatic N) is 1. The summed E-state index contributed by atoms with van der Waals surface area (Å²) in [6, 6.07) is -2.37. The molecular weight excluding hydrogens is 923 g/mol. The number of aromatic hydroxyl groups is 1. The number of rotatable bonds is 27. The van der Waals surface area contributed by atoms with Crippen molar-refractivity contribution in [3.63, 3.8) is 0 Å². The number of cyclic esters (lactones) is 1. The number of phenols is 1. The first-order chi connectivity index (χ1) is 33.5. The molecule has 1 aromatic rings. The lowest BCUT2D eigenvalue weighted by Crippen LogP contribution is -2.57. The van der Waals surface area contributed by atoms with E-state index in [-0.39, 0.29) is 18.6 Å². The van der Waals surface area contributed by atoms with Crippen molar-refractivity contribution in [3.8, 4) is 5.75 Å². The van der Waals surface area contributed by atoms with E-state index in [0.29, 0.717) is 5.56 Å². The summed E-state index contributed by atoms with van der Waals surface area (Å²) in [6.45, 7) is 10.1. The second-order valence-corrected chi connectivity index (χ2v) is 19.0. The number of ether oxygens (including phenoxy) is 1. The average Bonchev–Trinajstić information content (AvgIpc) is 3.31. The van der Waals surface area contributed by atoms with Crippen LogP contribution in [0.1, 0.15) is 105 Å². The summed E-state index contributed by atoms with van der Waals surface area (Å²) in [5.74, 6) is -7.22. The number of carbonyl (C=O) groups excluding carboxylic acids is 8. The van der Waals surface area contributed by atoms with Gasteiger partial charge in [0.1, 0.15) is 36.5 Å². The summed E-state index contributed by atoms with van der Waals surface area (Å²) >= 11 is 0. The van der Waals surface area contributed by atoms with Crippen LogP contribution in [0, 0.1) is 17.8 Å². The van der Waals surface area contributed by atoms with E-state index < -0.39 is 152 Å². The summed E-state index contributed by atoms with van der Waals surface area (Å²) in [5.41, 5.74) is 0.598. The van der Waals surface area contributed by atoms with Gasteiger partial charge in [0.25, 0.3) is 0 Å². The maximum Gasteiger partial charge on any atom is 0.329 e. The summed E-state index contributed by atoms with van der Waals surface area (Å²) < 4.78 is 5.63. The molecule has 398 valence electrons. The van der Waals surface area contributed by atoms with Gasteiger partial charge in [-0.25, -0.2) is 4.79 Å². The first-order valence-electron chi connectivity index (χ1n) is 24.4. The van der Waals surface area contributed by atoms with Gasteiger partial charge >= 0.3 is 5.97 Å².